The zero-order valence-electron chi connectivity index (χ0n) is 10.9. The molecule has 0 bridgehead atoms. The van der Waals surface area contributed by atoms with Crippen molar-refractivity contribution in [2.24, 2.45) is 5.92 Å². The molecule has 4 heteroatoms. The molecule has 2 atom stereocenters. The molecule has 1 saturated heterocycles. The van der Waals surface area contributed by atoms with Crippen molar-refractivity contribution in [2.45, 2.75) is 19.4 Å². The zero-order valence-corrected chi connectivity index (χ0v) is 12.5. The topological polar surface area (TPSA) is 32.7 Å². The molecule has 100 valence electrons. The summed E-state index contributed by atoms with van der Waals surface area (Å²) in [5, 5.41) is 9.89. The number of anilines is 1. The van der Waals surface area contributed by atoms with E-state index in [4.69, 9.17) is 4.74 Å². The van der Waals surface area contributed by atoms with Crippen molar-refractivity contribution in [1.82, 2.24) is 0 Å². The molecule has 0 radical (unpaired) electrons. The number of aliphatic hydroxyl groups excluding tert-OH is 1. The first-order chi connectivity index (χ1) is 8.61. The predicted molar refractivity (Wildman–Crippen MR) is 77.0 cm³/mol. The summed E-state index contributed by atoms with van der Waals surface area (Å²) in [5.41, 5.74) is 2.13. The molecule has 1 heterocycles. The van der Waals surface area contributed by atoms with Crippen LogP contribution in [0, 0.1) is 5.92 Å². The van der Waals surface area contributed by atoms with Gasteiger partial charge in [0.1, 0.15) is 0 Å². The first-order valence-electron chi connectivity index (χ1n) is 6.33. The first-order valence-corrected chi connectivity index (χ1v) is 7.12. The third kappa shape index (κ3) is 3.05. The Morgan fingerprint density at radius 2 is 2.33 bits per heavy atom. The molecule has 0 saturated carbocycles. The normalized spacial score (nSPS) is 21.3. The monoisotopic (exact) mass is 313 g/mol. The number of benzene rings is 1. The highest BCUT2D eigenvalue weighted by Gasteiger charge is 2.24. The molecular formula is C14H20BrNO2. The summed E-state index contributed by atoms with van der Waals surface area (Å²) in [6, 6.07) is 6.12. The quantitative estimate of drug-likeness (QED) is 0.927. The average Bonchev–Trinajstić information content (AvgIpc) is 2.78. The molecule has 18 heavy (non-hydrogen) atoms. The van der Waals surface area contributed by atoms with Crippen LogP contribution in [0.1, 0.15) is 25.0 Å². The number of halogens is 1. The lowest BCUT2D eigenvalue weighted by molar-refractivity contribution is 0.161. The molecule has 1 aromatic carbocycles. The second kappa shape index (κ2) is 6.04. The summed E-state index contributed by atoms with van der Waals surface area (Å²) in [5.74, 6) is 0.598. The molecule has 0 amide bonds. The molecule has 1 N–H and O–H groups in total. The van der Waals surface area contributed by atoms with E-state index in [1.165, 1.54) is 0 Å². The molecule has 0 spiro atoms. The second-order valence-electron chi connectivity index (χ2n) is 4.94. The Balaban J connectivity index is 2.18. The summed E-state index contributed by atoms with van der Waals surface area (Å²) in [4.78, 5) is 2.35. The lowest BCUT2D eigenvalue weighted by atomic mass is 10.1. The van der Waals surface area contributed by atoms with E-state index >= 15 is 0 Å². The smallest absolute Gasteiger partial charge is 0.0782 e. The van der Waals surface area contributed by atoms with Crippen LogP contribution in [0.5, 0.6) is 0 Å². The van der Waals surface area contributed by atoms with Gasteiger partial charge in [-0.25, -0.2) is 0 Å². The van der Waals surface area contributed by atoms with Gasteiger partial charge < -0.3 is 14.7 Å². The van der Waals surface area contributed by atoms with Crippen LogP contribution in [0.15, 0.2) is 22.7 Å². The SMILES string of the molecule is COCC1CCN(c2ccc(Br)cc2C(C)O)C1. The van der Waals surface area contributed by atoms with Gasteiger partial charge in [-0.3, -0.25) is 0 Å². The van der Waals surface area contributed by atoms with Crippen LogP contribution in [0.25, 0.3) is 0 Å². The van der Waals surface area contributed by atoms with E-state index in [9.17, 15) is 5.11 Å². The Bertz CT molecular complexity index is 409. The maximum Gasteiger partial charge on any atom is 0.0782 e. The van der Waals surface area contributed by atoms with Crippen LogP contribution < -0.4 is 4.90 Å². The average molecular weight is 314 g/mol. The van der Waals surface area contributed by atoms with Crippen LogP contribution in [0.2, 0.25) is 0 Å². The van der Waals surface area contributed by atoms with Crippen molar-refractivity contribution < 1.29 is 9.84 Å². The van der Waals surface area contributed by atoms with E-state index in [1.807, 2.05) is 19.1 Å². The summed E-state index contributed by atoms with van der Waals surface area (Å²) in [7, 11) is 1.75. The van der Waals surface area contributed by atoms with E-state index in [0.29, 0.717) is 5.92 Å². The van der Waals surface area contributed by atoms with Gasteiger partial charge in [0.05, 0.1) is 12.7 Å². The van der Waals surface area contributed by atoms with Crippen molar-refractivity contribution in [2.75, 3.05) is 31.7 Å². The number of hydrogen-bond acceptors (Lipinski definition) is 3. The van der Waals surface area contributed by atoms with Gasteiger partial charge in [0.15, 0.2) is 0 Å². The summed E-state index contributed by atoms with van der Waals surface area (Å²) >= 11 is 3.46. The van der Waals surface area contributed by atoms with Crippen LogP contribution in [0.4, 0.5) is 5.69 Å². The molecular weight excluding hydrogens is 294 g/mol. The van der Waals surface area contributed by atoms with Gasteiger partial charge in [-0.1, -0.05) is 15.9 Å². The largest absolute Gasteiger partial charge is 0.389 e. The van der Waals surface area contributed by atoms with Crippen molar-refractivity contribution in [3.8, 4) is 0 Å². The minimum atomic E-state index is -0.445. The zero-order chi connectivity index (χ0) is 13.1. The van der Waals surface area contributed by atoms with E-state index in [1.54, 1.807) is 7.11 Å². The molecule has 2 rings (SSSR count). The molecule has 3 nitrogen and oxygen atoms in total. The van der Waals surface area contributed by atoms with Gasteiger partial charge >= 0.3 is 0 Å². The standard InChI is InChI=1S/C14H20BrNO2/c1-10(17)13-7-12(15)3-4-14(13)16-6-5-11(8-16)9-18-2/h3-4,7,10-11,17H,5-6,8-9H2,1-2H3. The maximum absolute atomic E-state index is 9.89. The van der Waals surface area contributed by atoms with E-state index < -0.39 is 6.10 Å². The van der Waals surface area contributed by atoms with Crippen molar-refractivity contribution >= 4 is 21.6 Å². The molecule has 1 aromatic rings. The molecule has 1 aliphatic heterocycles. The fraction of sp³-hybridized carbons (Fsp3) is 0.571. The summed E-state index contributed by atoms with van der Waals surface area (Å²) < 4.78 is 6.23. The lowest BCUT2D eigenvalue weighted by Crippen LogP contribution is -2.22. The molecule has 2 unspecified atom stereocenters. The highest BCUT2D eigenvalue weighted by atomic mass is 79.9. The minimum absolute atomic E-state index is 0.445. The Hall–Kier alpha value is -0.580. The minimum Gasteiger partial charge on any atom is -0.389 e. The molecule has 0 aliphatic carbocycles. The lowest BCUT2D eigenvalue weighted by Gasteiger charge is -2.23. The first kappa shape index (κ1) is 13.8. The van der Waals surface area contributed by atoms with Crippen LogP contribution in [0.3, 0.4) is 0 Å². The number of hydrogen-bond donors (Lipinski definition) is 1. The molecule has 0 aromatic heterocycles. The Morgan fingerprint density at radius 3 is 3.00 bits per heavy atom. The van der Waals surface area contributed by atoms with Gasteiger partial charge in [-0.05, 0) is 31.5 Å². The van der Waals surface area contributed by atoms with Crippen LogP contribution in [-0.2, 0) is 4.74 Å². The Morgan fingerprint density at radius 1 is 1.56 bits per heavy atom. The van der Waals surface area contributed by atoms with E-state index in [0.717, 1.165) is 41.8 Å². The van der Waals surface area contributed by atoms with Crippen LogP contribution in [-0.4, -0.2) is 31.9 Å². The van der Waals surface area contributed by atoms with Gasteiger partial charge in [0.25, 0.3) is 0 Å². The van der Waals surface area contributed by atoms with Gasteiger partial charge in [0, 0.05) is 41.8 Å². The molecule has 1 aliphatic rings. The second-order valence-corrected chi connectivity index (χ2v) is 5.85. The predicted octanol–water partition coefficient (Wildman–Crippen LogP) is 2.98. The van der Waals surface area contributed by atoms with Crippen molar-refractivity contribution in [3.63, 3.8) is 0 Å². The number of aliphatic hydroxyl groups is 1. The number of ether oxygens (including phenoxy) is 1. The highest BCUT2D eigenvalue weighted by Crippen LogP contribution is 2.32. The Labute approximate surface area is 117 Å². The number of methoxy groups -OCH3 is 1. The third-order valence-electron chi connectivity index (χ3n) is 3.47. The van der Waals surface area contributed by atoms with Crippen molar-refractivity contribution in [3.05, 3.63) is 28.2 Å². The van der Waals surface area contributed by atoms with Gasteiger partial charge in [-0.15, -0.1) is 0 Å². The number of rotatable bonds is 4. The fourth-order valence-electron chi connectivity index (χ4n) is 2.57. The van der Waals surface area contributed by atoms with Gasteiger partial charge in [-0.2, -0.15) is 0 Å². The number of nitrogens with zero attached hydrogens (tertiary/aromatic N) is 1. The summed E-state index contributed by atoms with van der Waals surface area (Å²) in [6.45, 7) is 4.68. The van der Waals surface area contributed by atoms with Gasteiger partial charge in [0.2, 0.25) is 0 Å². The molecule has 1 fully saturated rings. The summed E-state index contributed by atoms with van der Waals surface area (Å²) in [6.07, 6.45) is 0.711. The fourth-order valence-corrected chi connectivity index (χ4v) is 2.95. The van der Waals surface area contributed by atoms with E-state index in [-0.39, 0.29) is 0 Å². The Kier molecular flexibility index (Phi) is 4.65. The van der Waals surface area contributed by atoms with Crippen molar-refractivity contribution in [1.29, 1.82) is 0 Å². The van der Waals surface area contributed by atoms with E-state index in [2.05, 4.69) is 26.9 Å². The van der Waals surface area contributed by atoms with Crippen LogP contribution >= 0.6 is 15.9 Å². The maximum atomic E-state index is 9.89. The third-order valence-corrected chi connectivity index (χ3v) is 3.96. The highest BCUT2D eigenvalue weighted by molar-refractivity contribution is 9.10.